The number of aromatic nitrogens is 1. The van der Waals surface area contributed by atoms with Crippen LogP contribution in [0.3, 0.4) is 0 Å². The van der Waals surface area contributed by atoms with Gasteiger partial charge in [-0.1, -0.05) is 24.3 Å². The number of pyridine rings is 1. The van der Waals surface area contributed by atoms with Crippen molar-refractivity contribution in [2.45, 2.75) is 31.3 Å². The van der Waals surface area contributed by atoms with Crippen LogP contribution in [0.2, 0.25) is 0 Å². The summed E-state index contributed by atoms with van der Waals surface area (Å²) in [5.74, 6) is 1.13. The molecular formula is C21H22N2O2. The molecule has 0 unspecified atom stereocenters. The molecule has 1 amide bonds. The van der Waals surface area contributed by atoms with Crippen molar-refractivity contribution in [3.63, 3.8) is 0 Å². The first-order valence-electron chi connectivity index (χ1n) is 8.88. The van der Waals surface area contributed by atoms with Crippen LogP contribution in [0, 0.1) is 0 Å². The average molecular weight is 334 g/mol. The molecule has 0 bridgehead atoms. The minimum Gasteiger partial charge on any atom is -0.483 e. The highest BCUT2D eigenvalue weighted by Gasteiger charge is 2.35. The van der Waals surface area contributed by atoms with Crippen LogP contribution in [0.15, 0.2) is 54.9 Å². The van der Waals surface area contributed by atoms with Crippen LogP contribution in [0.5, 0.6) is 5.75 Å². The molecule has 2 aliphatic rings. The zero-order valence-corrected chi connectivity index (χ0v) is 14.2. The summed E-state index contributed by atoms with van der Waals surface area (Å²) in [5.41, 5.74) is 1.87. The molecule has 1 fully saturated rings. The molecule has 0 radical (unpaired) electrons. The molecule has 2 aliphatic heterocycles. The summed E-state index contributed by atoms with van der Waals surface area (Å²) in [6.45, 7) is 1.53. The maximum absolute atomic E-state index is 12.6. The lowest BCUT2D eigenvalue weighted by molar-refractivity contribution is -0.130. The summed E-state index contributed by atoms with van der Waals surface area (Å²) >= 11 is 0. The molecule has 1 spiro atoms. The van der Waals surface area contributed by atoms with Gasteiger partial charge in [0.25, 0.3) is 0 Å². The Hall–Kier alpha value is -2.62. The smallest absolute Gasteiger partial charge is 0.226 e. The highest BCUT2D eigenvalue weighted by atomic mass is 16.5. The van der Waals surface area contributed by atoms with Gasteiger partial charge in [-0.05, 0) is 42.7 Å². The minimum atomic E-state index is -0.278. The third kappa shape index (κ3) is 3.43. The second-order valence-corrected chi connectivity index (χ2v) is 6.80. The summed E-state index contributed by atoms with van der Waals surface area (Å²) in [5, 5.41) is 0. The number of carbonyl (C=O) groups is 1. The number of amides is 1. The molecule has 0 saturated carbocycles. The Morgan fingerprint density at radius 1 is 1.12 bits per heavy atom. The number of rotatable bonds is 2. The van der Waals surface area contributed by atoms with E-state index in [1.165, 1.54) is 0 Å². The molecule has 3 heterocycles. The van der Waals surface area contributed by atoms with Gasteiger partial charge in [-0.2, -0.15) is 0 Å². The van der Waals surface area contributed by atoms with Crippen LogP contribution in [0.1, 0.15) is 30.4 Å². The van der Waals surface area contributed by atoms with Gasteiger partial charge in [-0.25, -0.2) is 0 Å². The third-order valence-electron chi connectivity index (χ3n) is 5.09. The molecule has 1 atom stereocenters. The number of carbonyl (C=O) groups excluding carboxylic acids is 1. The van der Waals surface area contributed by atoms with Gasteiger partial charge in [0.1, 0.15) is 11.4 Å². The fourth-order valence-electron chi connectivity index (χ4n) is 3.64. The summed E-state index contributed by atoms with van der Waals surface area (Å²) < 4.78 is 6.35. The Morgan fingerprint density at radius 2 is 1.96 bits per heavy atom. The van der Waals surface area contributed by atoms with Gasteiger partial charge < -0.3 is 9.64 Å². The van der Waals surface area contributed by atoms with Crippen LogP contribution in [0.25, 0.3) is 6.08 Å². The van der Waals surface area contributed by atoms with Crippen molar-refractivity contribution >= 4 is 12.0 Å². The van der Waals surface area contributed by atoms with Gasteiger partial charge in [0.05, 0.1) is 6.42 Å². The van der Waals surface area contributed by atoms with E-state index in [0.717, 1.165) is 49.2 Å². The molecule has 0 aliphatic carbocycles. The van der Waals surface area contributed by atoms with Crippen LogP contribution < -0.4 is 4.74 Å². The summed E-state index contributed by atoms with van der Waals surface area (Å²) in [6.07, 6.45) is 11.0. The SMILES string of the molecule is O=C(Cc1ccncc1)N1CCC[C@@]2(C=Cc3ccccc3O2)CC1. The average Bonchev–Trinajstić information content (AvgIpc) is 2.85. The monoisotopic (exact) mass is 334 g/mol. The van der Waals surface area contributed by atoms with Crippen molar-refractivity contribution in [3.05, 3.63) is 66.0 Å². The maximum Gasteiger partial charge on any atom is 0.226 e. The van der Waals surface area contributed by atoms with E-state index in [4.69, 9.17) is 4.74 Å². The fraction of sp³-hybridized carbons (Fsp3) is 0.333. The van der Waals surface area contributed by atoms with E-state index in [-0.39, 0.29) is 11.5 Å². The Labute approximate surface area is 148 Å². The Kier molecular flexibility index (Phi) is 4.26. The van der Waals surface area contributed by atoms with Gasteiger partial charge in [-0.15, -0.1) is 0 Å². The molecule has 4 rings (SSSR count). The second kappa shape index (κ2) is 6.71. The molecule has 25 heavy (non-hydrogen) atoms. The van der Waals surface area contributed by atoms with Crippen LogP contribution in [0.4, 0.5) is 0 Å². The zero-order valence-electron chi connectivity index (χ0n) is 14.2. The van der Waals surface area contributed by atoms with Crippen molar-refractivity contribution in [3.8, 4) is 5.75 Å². The van der Waals surface area contributed by atoms with E-state index in [1.807, 2.05) is 35.2 Å². The van der Waals surface area contributed by atoms with Gasteiger partial charge in [0.15, 0.2) is 0 Å². The molecular weight excluding hydrogens is 312 g/mol. The molecule has 1 aromatic heterocycles. The van der Waals surface area contributed by atoms with Crippen molar-refractivity contribution in [1.29, 1.82) is 0 Å². The van der Waals surface area contributed by atoms with E-state index in [0.29, 0.717) is 6.42 Å². The normalized spacial score (nSPS) is 22.2. The Balaban J connectivity index is 1.43. The predicted molar refractivity (Wildman–Crippen MR) is 97.2 cm³/mol. The minimum absolute atomic E-state index is 0.184. The Bertz CT molecular complexity index is 787. The summed E-state index contributed by atoms with van der Waals surface area (Å²) in [6, 6.07) is 11.9. The molecule has 4 heteroatoms. The number of benzene rings is 1. The number of para-hydroxylation sites is 1. The first-order chi connectivity index (χ1) is 12.2. The number of nitrogens with zero attached hydrogens (tertiary/aromatic N) is 2. The molecule has 4 nitrogen and oxygen atoms in total. The van der Waals surface area contributed by atoms with E-state index < -0.39 is 0 Å². The number of ether oxygens (including phenoxy) is 1. The highest BCUT2D eigenvalue weighted by molar-refractivity contribution is 5.78. The highest BCUT2D eigenvalue weighted by Crippen LogP contribution is 2.36. The first kappa shape index (κ1) is 15.9. The summed E-state index contributed by atoms with van der Waals surface area (Å²) in [4.78, 5) is 18.6. The van der Waals surface area contributed by atoms with E-state index in [9.17, 15) is 4.79 Å². The van der Waals surface area contributed by atoms with Crippen molar-refractivity contribution in [2.24, 2.45) is 0 Å². The lowest BCUT2D eigenvalue weighted by Crippen LogP contribution is -2.38. The van der Waals surface area contributed by atoms with Crippen LogP contribution in [-0.2, 0) is 11.2 Å². The topological polar surface area (TPSA) is 42.4 Å². The molecule has 1 aromatic carbocycles. The Morgan fingerprint density at radius 3 is 2.84 bits per heavy atom. The predicted octanol–water partition coefficient (Wildman–Crippen LogP) is 3.48. The van der Waals surface area contributed by atoms with E-state index >= 15 is 0 Å². The second-order valence-electron chi connectivity index (χ2n) is 6.80. The van der Waals surface area contributed by atoms with E-state index in [2.05, 4.69) is 23.2 Å². The zero-order chi connectivity index (χ0) is 17.1. The van der Waals surface area contributed by atoms with Crippen LogP contribution >= 0.6 is 0 Å². The first-order valence-corrected chi connectivity index (χ1v) is 8.88. The number of fused-ring (bicyclic) bond motifs is 1. The number of likely N-dealkylation sites (tertiary alicyclic amines) is 1. The van der Waals surface area contributed by atoms with Gasteiger partial charge in [0, 0.05) is 37.5 Å². The van der Waals surface area contributed by atoms with Crippen LogP contribution in [-0.4, -0.2) is 34.5 Å². The molecule has 2 aromatic rings. The number of hydrogen-bond donors (Lipinski definition) is 0. The van der Waals surface area contributed by atoms with Crippen molar-refractivity contribution in [2.75, 3.05) is 13.1 Å². The molecule has 0 N–H and O–H groups in total. The van der Waals surface area contributed by atoms with E-state index in [1.54, 1.807) is 12.4 Å². The number of hydrogen-bond acceptors (Lipinski definition) is 3. The molecule has 1 saturated heterocycles. The largest absolute Gasteiger partial charge is 0.483 e. The quantitative estimate of drug-likeness (QED) is 0.844. The van der Waals surface area contributed by atoms with Gasteiger partial charge >= 0.3 is 0 Å². The summed E-state index contributed by atoms with van der Waals surface area (Å²) in [7, 11) is 0. The van der Waals surface area contributed by atoms with Gasteiger partial charge in [0.2, 0.25) is 5.91 Å². The maximum atomic E-state index is 12.6. The third-order valence-corrected chi connectivity index (χ3v) is 5.09. The fourth-order valence-corrected chi connectivity index (χ4v) is 3.64. The van der Waals surface area contributed by atoms with Crippen molar-refractivity contribution in [1.82, 2.24) is 9.88 Å². The lowest BCUT2D eigenvalue weighted by Gasteiger charge is -2.34. The van der Waals surface area contributed by atoms with Gasteiger partial charge in [-0.3, -0.25) is 9.78 Å². The molecule has 128 valence electrons. The van der Waals surface area contributed by atoms with Crippen molar-refractivity contribution < 1.29 is 9.53 Å². The lowest BCUT2D eigenvalue weighted by atomic mass is 9.91. The standard InChI is InChI=1S/C21H22N2O2/c24-20(16-17-7-12-22-13-8-17)23-14-3-9-21(11-15-23)10-6-18-4-1-2-5-19(18)25-21/h1-2,4-8,10,12-13H,3,9,11,14-16H2/t21-/m1/s1.